The SMILES string of the molecule is COC(=O)C1(C)CCc2c(C)c(OC(=O)c3ccccc3)cc(C)c2O1. The molecule has 1 aliphatic rings. The summed E-state index contributed by atoms with van der Waals surface area (Å²) in [6.07, 6.45) is 1.15. The van der Waals surface area contributed by atoms with Crippen molar-refractivity contribution in [3.63, 3.8) is 0 Å². The molecule has 136 valence electrons. The molecule has 0 saturated carbocycles. The van der Waals surface area contributed by atoms with Crippen molar-refractivity contribution in [3.8, 4) is 11.5 Å². The van der Waals surface area contributed by atoms with E-state index in [9.17, 15) is 9.59 Å². The zero-order valence-corrected chi connectivity index (χ0v) is 15.4. The Kier molecular flexibility index (Phi) is 4.72. The normalized spacial score (nSPS) is 18.5. The molecular formula is C21H22O5. The fraction of sp³-hybridized carbons (Fsp3) is 0.333. The number of hydrogen-bond donors (Lipinski definition) is 0. The van der Waals surface area contributed by atoms with Gasteiger partial charge in [-0.3, -0.25) is 0 Å². The summed E-state index contributed by atoms with van der Waals surface area (Å²) < 4.78 is 16.5. The molecule has 0 N–H and O–H groups in total. The zero-order valence-electron chi connectivity index (χ0n) is 15.4. The molecule has 3 rings (SSSR count). The average molecular weight is 354 g/mol. The van der Waals surface area contributed by atoms with E-state index in [0.717, 1.165) is 16.7 Å². The Labute approximate surface area is 152 Å². The maximum atomic E-state index is 12.4. The van der Waals surface area contributed by atoms with Gasteiger partial charge < -0.3 is 14.2 Å². The Morgan fingerprint density at radius 2 is 1.85 bits per heavy atom. The molecule has 0 saturated heterocycles. The maximum absolute atomic E-state index is 12.4. The first-order valence-corrected chi connectivity index (χ1v) is 8.53. The van der Waals surface area contributed by atoms with Crippen LogP contribution >= 0.6 is 0 Å². The Bertz CT molecular complexity index is 856. The van der Waals surface area contributed by atoms with Gasteiger partial charge in [0.25, 0.3) is 0 Å². The third kappa shape index (κ3) is 3.17. The number of ether oxygens (including phenoxy) is 3. The molecule has 0 spiro atoms. The Balaban J connectivity index is 1.92. The number of hydrogen-bond acceptors (Lipinski definition) is 5. The van der Waals surface area contributed by atoms with Crippen molar-refractivity contribution in [2.24, 2.45) is 0 Å². The molecule has 5 nitrogen and oxygen atoms in total. The number of benzene rings is 2. The standard InChI is InChI=1S/C21H22O5/c1-13-12-17(25-19(22)15-8-6-5-7-9-15)14(2)16-10-11-21(3,20(23)24-4)26-18(13)16/h5-9,12H,10-11H2,1-4H3. The van der Waals surface area contributed by atoms with Crippen molar-refractivity contribution >= 4 is 11.9 Å². The lowest BCUT2D eigenvalue weighted by atomic mass is 9.88. The van der Waals surface area contributed by atoms with Crippen LogP contribution in [0.1, 0.15) is 40.4 Å². The van der Waals surface area contributed by atoms with E-state index in [4.69, 9.17) is 14.2 Å². The van der Waals surface area contributed by atoms with Crippen molar-refractivity contribution in [1.82, 2.24) is 0 Å². The molecule has 5 heteroatoms. The third-order valence-corrected chi connectivity index (χ3v) is 4.81. The molecule has 0 fully saturated rings. The summed E-state index contributed by atoms with van der Waals surface area (Å²) in [5, 5.41) is 0. The predicted octanol–water partition coefficient (Wildman–Crippen LogP) is 3.78. The van der Waals surface area contributed by atoms with Gasteiger partial charge in [0.05, 0.1) is 12.7 Å². The summed E-state index contributed by atoms with van der Waals surface area (Å²) in [7, 11) is 1.36. The van der Waals surface area contributed by atoms with Crippen molar-refractivity contribution in [3.05, 3.63) is 58.7 Å². The largest absolute Gasteiger partial charge is 0.475 e. The van der Waals surface area contributed by atoms with Crippen molar-refractivity contribution in [2.75, 3.05) is 7.11 Å². The highest BCUT2D eigenvalue weighted by atomic mass is 16.6. The monoisotopic (exact) mass is 354 g/mol. The summed E-state index contributed by atoms with van der Waals surface area (Å²) in [5.74, 6) is 0.394. The molecule has 26 heavy (non-hydrogen) atoms. The molecule has 1 aliphatic heterocycles. The fourth-order valence-corrected chi connectivity index (χ4v) is 3.21. The van der Waals surface area contributed by atoms with Crippen LogP contribution in [0.15, 0.2) is 36.4 Å². The van der Waals surface area contributed by atoms with E-state index in [1.54, 1.807) is 37.3 Å². The predicted molar refractivity (Wildman–Crippen MR) is 96.7 cm³/mol. The van der Waals surface area contributed by atoms with Crippen molar-refractivity contribution in [1.29, 1.82) is 0 Å². The number of methoxy groups -OCH3 is 1. The number of esters is 2. The molecule has 0 radical (unpaired) electrons. The van der Waals surface area contributed by atoms with Crippen LogP contribution in [0.5, 0.6) is 11.5 Å². The van der Waals surface area contributed by atoms with E-state index in [1.807, 2.05) is 19.9 Å². The van der Waals surface area contributed by atoms with Gasteiger partial charge in [-0.1, -0.05) is 18.2 Å². The molecular weight excluding hydrogens is 332 g/mol. The van der Waals surface area contributed by atoms with Crippen LogP contribution in [0.3, 0.4) is 0 Å². The minimum atomic E-state index is -0.999. The van der Waals surface area contributed by atoms with Crippen LogP contribution in [0.4, 0.5) is 0 Å². The molecule has 0 aromatic heterocycles. The lowest BCUT2D eigenvalue weighted by Gasteiger charge is -2.35. The van der Waals surface area contributed by atoms with Gasteiger partial charge in [-0.05, 0) is 56.5 Å². The first-order valence-electron chi connectivity index (χ1n) is 8.53. The number of carbonyl (C=O) groups is 2. The van der Waals surface area contributed by atoms with Crippen molar-refractivity contribution in [2.45, 2.75) is 39.2 Å². The van der Waals surface area contributed by atoms with Gasteiger partial charge in [-0.2, -0.15) is 0 Å². The first kappa shape index (κ1) is 18.0. The Morgan fingerprint density at radius 3 is 2.50 bits per heavy atom. The van der Waals surface area contributed by atoms with Crippen LogP contribution < -0.4 is 9.47 Å². The highest BCUT2D eigenvalue weighted by Gasteiger charge is 2.41. The van der Waals surface area contributed by atoms with Gasteiger partial charge >= 0.3 is 11.9 Å². The first-order chi connectivity index (χ1) is 12.4. The molecule has 1 heterocycles. The number of fused-ring (bicyclic) bond motifs is 1. The summed E-state index contributed by atoms with van der Waals surface area (Å²) in [4.78, 5) is 24.4. The van der Waals surface area contributed by atoms with E-state index in [0.29, 0.717) is 29.9 Å². The van der Waals surface area contributed by atoms with Gasteiger partial charge in [-0.15, -0.1) is 0 Å². The second-order valence-corrected chi connectivity index (χ2v) is 6.70. The van der Waals surface area contributed by atoms with Gasteiger partial charge in [0.2, 0.25) is 5.60 Å². The molecule has 1 unspecified atom stereocenters. The molecule has 0 aliphatic carbocycles. The lowest BCUT2D eigenvalue weighted by Crippen LogP contribution is -2.45. The molecule has 2 aromatic rings. The Hall–Kier alpha value is -2.82. The lowest BCUT2D eigenvalue weighted by molar-refractivity contribution is -0.159. The zero-order chi connectivity index (χ0) is 18.9. The van der Waals surface area contributed by atoms with Gasteiger partial charge in [0, 0.05) is 12.0 Å². The van der Waals surface area contributed by atoms with Gasteiger partial charge in [-0.25, -0.2) is 9.59 Å². The fourth-order valence-electron chi connectivity index (χ4n) is 3.21. The van der Waals surface area contributed by atoms with E-state index >= 15 is 0 Å². The molecule has 2 aromatic carbocycles. The molecule has 0 bridgehead atoms. The number of aryl methyl sites for hydroxylation is 1. The second-order valence-electron chi connectivity index (χ2n) is 6.70. The van der Waals surface area contributed by atoms with Crippen LogP contribution in [-0.2, 0) is 16.0 Å². The van der Waals surface area contributed by atoms with Crippen LogP contribution in [-0.4, -0.2) is 24.6 Å². The van der Waals surface area contributed by atoms with E-state index in [-0.39, 0.29) is 5.97 Å². The topological polar surface area (TPSA) is 61.8 Å². The summed E-state index contributed by atoms with van der Waals surface area (Å²) in [6.45, 7) is 5.51. The smallest absolute Gasteiger partial charge is 0.349 e. The van der Waals surface area contributed by atoms with Crippen LogP contribution in [0, 0.1) is 13.8 Å². The maximum Gasteiger partial charge on any atom is 0.349 e. The highest BCUT2D eigenvalue weighted by Crippen LogP contribution is 2.41. The van der Waals surface area contributed by atoms with Gasteiger partial charge in [0.15, 0.2) is 0 Å². The quantitative estimate of drug-likeness (QED) is 0.620. The third-order valence-electron chi connectivity index (χ3n) is 4.81. The number of rotatable bonds is 3. The van der Waals surface area contributed by atoms with E-state index < -0.39 is 11.6 Å². The van der Waals surface area contributed by atoms with E-state index in [1.165, 1.54) is 7.11 Å². The second kappa shape index (κ2) is 6.83. The summed E-state index contributed by atoms with van der Waals surface area (Å²) in [6, 6.07) is 10.6. The minimum Gasteiger partial charge on any atom is -0.475 e. The van der Waals surface area contributed by atoms with Crippen LogP contribution in [0.25, 0.3) is 0 Å². The summed E-state index contributed by atoms with van der Waals surface area (Å²) >= 11 is 0. The van der Waals surface area contributed by atoms with Gasteiger partial charge in [0.1, 0.15) is 11.5 Å². The Morgan fingerprint density at radius 1 is 1.15 bits per heavy atom. The average Bonchev–Trinajstić information content (AvgIpc) is 2.65. The van der Waals surface area contributed by atoms with Crippen LogP contribution in [0.2, 0.25) is 0 Å². The minimum absolute atomic E-state index is 0.389. The van der Waals surface area contributed by atoms with Crippen molar-refractivity contribution < 1.29 is 23.8 Å². The highest BCUT2D eigenvalue weighted by molar-refractivity contribution is 5.91. The molecule has 0 amide bonds. The summed E-state index contributed by atoms with van der Waals surface area (Å²) in [5.41, 5.74) is 2.12. The molecule has 1 atom stereocenters. The van der Waals surface area contributed by atoms with E-state index in [2.05, 4.69) is 0 Å². The number of carbonyl (C=O) groups excluding carboxylic acids is 2.